The van der Waals surface area contributed by atoms with Gasteiger partial charge in [-0.05, 0) is 96.3 Å². The molecule has 0 aliphatic carbocycles. The average molecular weight is 1060 g/mol. The highest BCUT2D eigenvalue weighted by atomic mass is 16.6. The van der Waals surface area contributed by atoms with E-state index >= 15 is 0 Å². The molecule has 0 radical (unpaired) electrons. The monoisotopic (exact) mass is 1060 g/mol. The molecule has 0 amide bonds. The Balaban J connectivity index is 4.35. The summed E-state index contributed by atoms with van der Waals surface area (Å²) in [5.74, 6) is -0.877. The first-order valence-corrected chi connectivity index (χ1v) is 32.6. The van der Waals surface area contributed by atoms with Crippen molar-refractivity contribution in [2.24, 2.45) is 0 Å². The fraction of sp³-hybridized carbons (Fsp3) is 0.757. The Bertz CT molecular complexity index is 1450. The molecule has 0 bridgehead atoms. The summed E-state index contributed by atoms with van der Waals surface area (Å²) in [6.45, 7) is 6.53. The molecule has 0 aromatic heterocycles. The topological polar surface area (TPSA) is 78.9 Å². The second-order valence-electron chi connectivity index (χ2n) is 21.6. The number of esters is 3. The van der Waals surface area contributed by atoms with Gasteiger partial charge in [0.2, 0.25) is 0 Å². The molecule has 1 atom stereocenters. The summed E-state index contributed by atoms with van der Waals surface area (Å²) in [6.07, 6.45) is 84.4. The van der Waals surface area contributed by atoms with Crippen LogP contribution in [0.5, 0.6) is 0 Å². The number of unbranched alkanes of at least 4 members (excludes halogenated alkanes) is 34. The molecular formula is C70H122O6. The number of hydrogen-bond donors (Lipinski definition) is 0. The highest BCUT2D eigenvalue weighted by Gasteiger charge is 2.19. The zero-order valence-electron chi connectivity index (χ0n) is 50.3. The van der Waals surface area contributed by atoms with Crippen molar-refractivity contribution < 1.29 is 28.6 Å². The van der Waals surface area contributed by atoms with Crippen LogP contribution in [0.1, 0.15) is 323 Å². The maximum Gasteiger partial charge on any atom is 0.306 e. The van der Waals surface area contributed by atoms with Gasteiger partial charge in [-0.3, -0.25) is 14.4 Å². The van der Waals surface area contributed by atoms with Gasteiger partial charge < -0.3 is 14.2 Å². The number of hydrogen-bond acceptors (Lipinski definition) is 6. The second kappa shape index (κ2) is 64.1. The van der Waals surface area contributed by atoms with Crippen molar-refractivity contribution in [1.29, 1.82) is 0 Å². The van der Waals surface area contributed by atoms with Crippen LogP contribution < -0.4 is 0 Å². The molecule has 0 aliphatic heterocycles. The van der Waals surface area contributed by atoms with Crippen LogP contribution in [0.25, 0.3) is 0 Å². The molecule has 0 aliphatic rings. The standard InChI is InChI=1S/C70H122O6/c1-4-7-10-13-16-19-22-25-28-31-32-33-34-35-36-37-38-40-42-45-48-51-54-57-60-63-69(72)75-66-67(65-74-68(71)62-59-56-53-50-47-44-41-30-27-24-21-18-15-12-9-6-3)76-70(73)64-61-58-55-52-49-46-43-39-29-26-23-20-17-14-11-8-5-2/h7,10,16-17,19-20,25-26,28-29,32-33,35-36,67H,4-6,8-9,11-15,18,21-24,27,30-31,34,37-66H2,1-3H3/b10-7-,19-16-,20-17-,28-25-,29-26-,33-32-,36-35-. The minimum Gasteiger partial charge on any atom is -0.462 e. The second-order valence-corrected chi connectivity index (χ2v) is 21.6. The van der Waals surface area contributed by atoms with Gasteiger partial charge >= 0.3 is 17.9 Å². The lowest BCUT2D eigenvalue weighted by Gasteiger charge is -2.18. The first-order valence-electron chi connectivity index (χ1n) is 32.6. The molecule has 0 saturated heterocycles. The molecule has 76 heavy (non-hydrogen) atoms. The lowest BCUT2D eigenvalue weighted by Crippen LogP contribution is -2.30. The summed E-state index contributed by atoms with van der Waals surface area (Å²) in [7, 11) is 0. The number of rotatable bonds is 59. The molecule has 438 valence electrons. The smallest absolute Gasteiger partial charge is 0.306 e. The van der Waals surface area contributed by atoms with Crippen molar-refractivity contribution in [3.8, 4) is 0 Å². The molecule has 6 heteroatoms. The molecule has 0 fully saturated rings. The van der Waals surface area contributed by atoms with Crippen LogP contribution >= 0.6 is 0 Å². The predicted octanol–water partition coefficient (Wildman–Crippen LogP) is 22.3. The van der Waals surface area contributed by atoms with E-state index in [1.807, 2.05) is 0 Å². The molecule has 0 heterocycles. The van der Waals surface area contributed by atoms with Crippen LogP contribution in [0.15, 0.2) is 85.1 Å². The van der Waals surface area contributed by atoms with E-state index in [1.54, 1.807) is 0 Å². The summed E-state index contributed by atoms with van der Waals surface area (Å²) in [5.41, 5.74) is 0. The van der Waals surface area contributed by atoms with Crippen LogP contribution in [-0.4, -0.2) is 37.2 Å². The molecule has 0 aromatic rings. The maximum absolute atomic E-state index is 12.9. The van der Waals surface area contributed by atoms with Crippen molar-refractivity contribution in [1.82, 2.24) is 0 Å². The normalized spacial score (nSPS) is 12.6. The van der Waals surface area contributed by atoms with Gasteiger partial charge in [0.15, 0.2) is 6.10 Å². The molecular weight excluding hydrogens is 937 g/mol. The Labute approximate surface area is 471 Å². The summed E-state index contributed by atoms with van der Waals surface area (Å²) < 4.78 is 16.9. The van der Waals surface area contributed by atoms with Crippen LogP contribution in [-0.2, 0) is 28.6 Å². The van der Waals surface area contributed by atoms with Crippen LogP contribution in [0, 0.1) is 0 Å². The molecule has 6 nitrogen and oxygen atoms in total. The van der Waals surface area contributed by atoms with Crippen LogP contribution in [0.4, 0.5) is 0 Å². The number of allylic oxidation sites excluding steroid dienone is 14. The van der Waals surface area contributed by atoms with E-state index < -0.39 is 6.10 Å². The minimum atomic E-state index is -0.783. The van der Waals surface area contributed by atoms with E-state index in [2.05, 4.69) is 106 Å². The minimum absolute atomic E-state index is 0.0783. The molecule has 0 rings (SSSR count). The van der Waals surface area contributed by atoms with E-state index in [1.165, 1.54) is 173 Å². The Morgan fingerprint density at radius 3 is 0.829 bits per heavy atom. The maximum atomic E-state index is 12.9. The molecule has 0 saturated carbocycles. The summed E-state index contributed by atoms with van der Waals surface area (Å²) in [5, 5.41) is 0. The molecule has 1 unspecified atom stereocenters. The van der Waals surface area contributed by atoms with E-state index in [0.717, 1.165) is 109 Å². The summed E-state index contributed by atoms with van der Waals surface area (Å²) in [6, 6.07) is 0. The van der Waals surface area contributed by atoms with Crippen molar-refractivity contribution in [3.63, 3.8) is 0 Å². The third-order valence-corrected chi connectivity index (χ3v) is 14.1. The first kappa shape index (κ1) is 72.6. The summed E-state index contributed by atoms with van der Waals surface area (Å²) in [4.78, 5) is 38.4. The third kappa shape index (κ3) is 61.4. The molecule has 0 N–H and O–H groups in total. The van der Waals surface area contributed by atoms with Gasteiger partial charge in [-0.1, -0.05) is 292 Å². The van der Waals surface area contributed by atoms with Gasteiger partial charge in [0.1, 0.15) is 13.2 Å². The first-order chi connectivity index (χ1) is 37.5. The lowest BCUT2D eigenvalue weighted by molar-refractivity contribution is -0.167. The zero-order chi connectivity index (χ0) is 55.0. The van der Waals surface area contributed by atoms with Gasteiger partial charge in [0.25, 0.3) is 0 Å². The summed E-state index contributed by atoms with van der Waals surface area (Å²) >= 11 is 0. The van der Waals surface area contributed by atoms with Crippen LogP contribution in [0.2, 0.25) is 0 Å². The van der Waals surface area contributed by atoms with Crippen LogP contribution in [0.3, 0.4) is 0 Å². The Morgan fingerprint density at radius 1 is 0.276 bits per heavy atom. The highest BCUT2D eigenvalue weighted by Crippen LogP contribution is 2.17. The third-order valence-electron chi connectivity index (χ3n) is 14.1. The predicted molar refractivity (Wildman–Crippen MR) is 330 cm³/mol. The van der Waals surface area contributed by atoms with Gasteiger partial charge in [0.05, 0.1) is 0 Å². The van der Waals surface area contributed by atoms with Crippen molar-refractivity contribution in [2.75, 3.05) is 13.2 Å². The van der Waals surface area contributed by atoms with E-state index in [-0.39, 0.29) is 31.1 Å². The molecule has 0 spiro atoms. The number of carbonyl (C=O) groups is 3. The quantitative estimate of drug-likeness (QED) is 0.0261. The number of ether oxygens (including phenoxy) is 3. The van der Waals surface area contributed by atoms with Crippen molar-refractivity contribution >= 4 is 17.9 Å². The number of carbonyl (C=O) groups excluding carboxylic acids is 3. The lowest BCUT2D eigenvalue weighted by atomic mass is 10.0. The van der Waals surface area contributed by atoms with Crippen molar-refractivity contribution in [2.45, 2.75) is 329 Å². The van der Waals surface area contributed by atoms with Gasteiger partial charge in [-0.25, -0.2) is 0 Å². The van der Waals surface area contributed by atoms with E-state index in [0.29, 0.717) is 19.3 Å². The Hall–Kier alpha value is -3.41. The fourth-order valence-corrected chi connectivity index (χ4v) is 9.27. The van der Waals surface area contributed by atoms with Crippen molar-refractivity contribution in [3.05, 3.63) is 85.1 Å². The van der Waals surface area contributed by atoms with E-state index in [4.69, 9.17) is 14.2 Å². The fourth-order valence-electron chi connectivity index (χ4n) is 9.27. The van der Waals surface area contributed by atoms with Gasteiger partial charge in [-0.15, -0.1) is 0 Å². The zero-order valence-corrected chi connectivity index (χ0v) is 50.3. The highest BCUT2D eigenvalue weighted by molar-refractivity contribution is 5.71. The molecule has 0 aromatic carbocycles. The Morgan fingerprint density at radius 2 is 0.513 bits per heavy atom. The largest absolute Gasteiger partial charge is 0.462 e. The SMILES string of the molecule is CC/C=C\C/C=C\C/C=C\C/C=C\C/C=C\CCCCCCCCCCCC(=O)OCC(COC(=O)CCCCCCCCCCCCCCCCCC)OC(=O)CCCCCCCCC/C=C\C/C=C\CCCCC. The Kier molecular flexibility index (Phi) is 61.2. The van der Waals surface area contributed by atoms with Gasteiger partial charge in [-0.2, -0.15) is 0 Å². The van der Waals surface area contributed by atoms with Gasteiger partial charge in [0, 0.05) is 19.3 Å². The van der Waals surface area contributed by atoms with E-state index in [9.17, 15) is 14.4 Å². The average Bonchev–Trinajstić information content (AvgIpc) is 3.42.